The molecule has 2 aliphatic rings. The van der Waals surface area contributed by atoms with Crippen LogP contribution in [0.1, 0.15) is 43.2 Å². The van der Waals surface area contributed by atoms with Crippen LogP contribution in [-0.2, 0) is 25.2 Å². The van der Waals surface area contributed by atoms with Crippen molar-refractivity contribution < 1.29 is 28.1 Å². The summed E-state index contributed by atoms with van der Waals surface area (Å²) in [4.78, 5) is 40.0. The van der Waals surface area contributed by atoms with Crippen LogP contribution in [0.5, 0.6) is 11.5 Å². The van der Waals surface area contributed by atoms with Crippen molar-refractivity contribution in [3.05, 3.63) is 47.5 Å². The van der Waals surface area contributed by atoms with Crippen molar-refractivity contribution in [2.75, 3.05) is 35.1 Å². The van der Waals surface area contributed by atoms with Gasteiger partial charge in [0.05, 0.1) is 0 Å². The number of aryl methyl sites for hydroxylation is 2. The Labute approximate surface area is 219 Å². The minimum absolute atomic E-state index is 0.116. The Kier molecular flexibility index (Phi) is 8.81. The summed E-state index contributed by atoms with van der Waals surface area (Å²) < 4.78 is 23.4. The molecule has 1 atom stereocenters. The molecule has 2 aromatic carbocycles. The standard InChI is InChI=1S/C27H33N3O6S/c1-18-8-9-19(2)22(12-18)30(14-25(31)28-20-6-4-3-5-7-20)27(33)16-37(34)15-26(32)29-21-10-11-23-24(13-21)36-17-35-23/h8-13,20H,3-7,14-17H2,1-2H3,(H,28,31)(H,29,32)/t37-/m0/s1. The van der Waals surface area contributed by atoms with Gasteiger partial charge in [-0.25, -0.2) is 0 Å². The van der Waals surface area contributed by atoms with Gasteiger partial charge in [0, 0.05) is 34.3 Å². The van der Waals surface area contributed by atoms with E-state index >= 15 is 0 Å². The van der Waals surface area contributed by atoms with Crippen LogP contribution < -0.4 is 25.0 Å². The number of nitrogens with one attached hydrogen (secondary N) is 2. The third-order valence-electron chi connectivity index (χ3n) is 6.46. The van der Waals surface area contributed by atoms with Crippen molar-refractivity contribution in [2.45, 2.75) is 52.0 Å². The fourth-order valence-corrected chi connectivity index (χ4v) is 5.46. The monoisotopic (exact) mass is 527 g/mol. The first kappa shape index (κ1) is 26.7. The number of benzene rings is 2. The van der Waals surface area contributed by atoms with Crippen LogP contribution in [0, 0.1) is 13.8 Å². The molecule has 0 bridgehead atoms. The Balaban J connectivity index is 1.39. The van der Waals surface area contributed by atoms with E-state index in [2.05, 4.69) is 10.6 Å². The average Bonchev–Trinajstić information content (AvgIpc) is 3.32. The first-order chi connectivity index (χ1) is 17.8. The number of hydrogen-bond donors (Lipinski definition) is 2. The van der Waals surface area contributed by atoms with E-state index in [-0.39, 0.29) is 36.8 Å². The number of hydrogen-bond acceptors (Lipinski definition) is 6. The topological polar surface area (TPSA) is 114 Å². The molecule has 0 spiro atoms. The summed E-state index contributed by atoms with van der Waals surface area (Å²) in [7, 11) is -1.77. The number of carbonyl (C=O) groups is 3. The lowest BCUT2D eigenvalue weighted by Crippen LogP contribution is -2.46. The second kappa shape index (κ2) is 12.2. The van der Waals surface area contributed by atoms with Crippen molar-refractivity contribution in [3.63, 3.8) is 0 Å². The second-order valence-corrected chi connectivity index (χ2v) is 11.0. The van der Waals surface area contributed by atoms with E-state index in [0.29, 0.717) is 22.9 Å². The highest BCUT2D eigenvalue weighted by Crippen LogP contribution is 2.34. The molecule has 3 amide bonds. The summed E-state index contributed by atoms with van der Waals surface area (Å²) in [5.41, 5.74) is 2.85. The van der Waals surface area contributed by atoms with Gasteiger partial charge in [0.25, 0.3) is 0 Å². The lowest BCUT2D eigenvalue weighted by molar-refractivity contribution is -0.123. The number of fused-ring (bicyclic) bond motifs is 1. The summed E-state index contributed by atoms with van der Waals surface area (Å²) in [6, 6.07) is 10.7. The summed E-state index contributed by atoms with van der Waals surface area (Å²) in [5.74, 6) is -0.822. The lowest BCUT2D eigenvalue weighted by Gasteiger charge is -2.27. The maximum absolute atomic E-state index is 13.3. The summed E-state index contributed by atoms with van der Waals surface area (Å²) in [6.07, 6.45) is 5.21. The minimum Gasteiger partial charge on any atom is -0.454 e. The highest BCUT2D eigenvalue weighted by molar-refractivity contribution is 7.86. The van der Waals surface area contributed by atoms with Gasteiger partial charge in [-0.3, -0.25) is 18.6 Å². The zero-order valence-corrected chi connectivity index (χ0v) is 22.0. The van der Waals surface area contributed by atoms with Gasteiger partial charge < -0.3 is 25.0 Å². The molecule has 2 aromatic rings. The molecule has 0 radical (unpaired) electrons. The molecule has 0 saturated heterocycles. The maximum atomic E-state index is 13.3. The van der Waals surface area contributed by atoms with Gasteiger partial charge in [-0.15, -0.1) is 0 Å². The van der Waals surface area contributed by atoms with E-state index < -0.39 is 22.6 Å². The fraction of sp³-hybridized carbons (Fsp3) is 0.444. The molecule has 1 aliphatic carbocycles. The van der Waals surface area contributed by atoms with Gasteiger partial charge in [0.2, 0.25) is 24.5 Å². The highest BCUT2D eigenvalue weighted by atomic mass is 32.2. The molecule has 1 saturated carbocycles. The van der Waals surface area contributed by atoms with Gasteiger partial charge in [-0.1, -0.05) is 31.4 Å². The smallest absolute Gasteiger partial charge is 0.240 e. The molecule has 9 nitrogen and oxygen atoms in total. The minimum atomic E-state index is -1.77. The van der Waals surface area contributed by atoms with Crippen LogP contribution >= 0.6 is 0 Å². The number of anilines is 2. The number of nitrogens with zero attached hydrogens (tertiary/aromatic N) is 1. The molecule has 1 aliphatic heterocycles. The van der Waals surface area contributed by atoms with Crippen molar-refractivity contribution in [2.24, 2.45) is 0 Å². The van der Waals surface area contributed by atoms with E-state index in [1.807, 2.05) is 32.0 Å². The van der Waals surface area contributed by atoms with Gasteiger partial charge in [0.15, 0.2) is 11.5 Å². The Bertz CT molecular complexity index is 1190. The molecule has 0 unspecified atom stereocenters. The van der Waals surface area contributed by atoms with Crippen molar-refractivity contribution >= 4 is 39.9 Å². The van der Waals surface area contributed by atoms with E-state index in [1.165, 1.54) is 11.3 Å². The Morgan fingerprint density at radius 1 is 0.946 bits per heavy atom. The number of ether oxygens (including phenoxy) is 2. The zero-order chi connectivity index (χ0) is 26.4. The van der Waals surface area contributed by atoms with Crippen molar-refractivity contribution in [3.8, 4) is 11.5 Å². The van der Waals surface area contributed by atoms with E-state index in [1.54, 1.807) is 18.2 Å². The first-order valence-electron chi connectivity index (χ1n) is 12.5. The van der Waals surface area contributed by atoms with Crippen molar-refractivity contribution in [1.82, 2.24) is 5.32 Å². The number of rotatable bonds is 9. The molecule has 1 heterocycles. The highest BCUT2D eigenvalue weighted by Gasteiger charge is 2.25. The second-order valence-electron chi connectivity index (χ2n) is 9.52. The molecule has 4 rings (SSSR count). The van der Waals surface area contributed by atoms with Crippen LogP contribution in [-0.4, -0.2) is 52.8 Å². The predicted octanol–water partition coefficient (Wildman–Crippen LogP) is 3.20. The quantitative estimate of drug-likeness (QED) is 0.518. The van der Waals surface area contributed by atoms with Gasteiger partial charge in [-0.2, -0.15) is 0 Å². The van der Waals surface area contributed by atoms with Crippen LogP contribution in [0.15, 0.2) is 36.4 Å². The summed E-state index contributed by atoms with van der Waals surface area (Å²) >= 11 is 0. The molecule has 10 heteroatoms. The molecular formula is C27H33N3O6S. The molecule has 198 valence electrons. The number of amides is 3. The SMILES string of the molecule is Cc1ccc(C)c(N(CC(=O)NC2CCCCC2)C(=O)C[S@@](=O)CC(=O)Nc2ccc3c(c2)OCO3)c1. The van der Waals surface area contributed by atoms with Gasteiger partial charge in [-0.05, 0) is 56.0 Å². The van der Waals surface area contributed by atoms with Crippen LogP contribution in [0.2, 0.25) is 0 Å². The fourth-order valence-electron chi connectivity index (χ4n) is 4.57. The van der Waals surface area contributed by atoms with E-state index in [9.17, 15) is 18.6 Å². The first-order valence-corrected chi connectivity index (χ1v) is 14.0. The molecule has 0 aromatic heterocycles. The third kappa shape index (κ3) is 7.31. The Morgan fingerprint density at radius 2 is 1.70 bits per heavy atom. The Morgan fingerprint density at radius 3 is 2.49 bits per heavy atom. The largest absolute Gasteiger partial charge is 0.454 e. The average molecular weight is 528 g/mol. The molecule has 37 heavy (non-hydrogen) atoms. The van der Waals surface area contributed by atoms with Crippen LogP contribution in [0.3, 0.4) is 0 Å². The maximum Gasteiger partial charge on any atom is 0.240 e. The van der Waals surface area contributed by atoms with Crippen LogP contribution in [0.4, 0.5) is 11.4 Å². The van der Waals surface area contributed by atoms with E-state index in [4.69, 9.17) is 9.47 Å². The van der Waals surface area contributed by atoms with Crippen molar-refractivity contribution in [1.29, 1.82) is 0 Å². The number of carbonyl (C=O) groups excluding carboxylic acids is 3. The van der Waals surface area contributed by atoms with Gasteiger partial charge >= 0.3 is 0 Å². The van der Waals surface area contributed by atoms with Crippen LogP contribution in [0.25, 0.3) is 0 Å². The van der Waals surface area contributed by atoms with Gasteiger partial charge in [0.1, 0.15) is 18.1 Å². The zero-order valence-electron chi connectivity index (χ0n) is 21.2. The van der Waals surface area contributed by atoms with E-state index in [0.717, 1.165) is 36.8 Å². The molecule has 1 fully saturated rings. The summed E-state index contributed by atoms with van der Waals surface area (Å²) in [6.45, 7) is 3.73. The summed E-state index contributed by atoms with van der Waals surface area (Å²) in [5, 5.41) is 5.72. The normalized spacial score (nSPS) is 15.6. The molecular weight excluding hydrogens is 494 g/mol. The Hall–Kier alpha value is -3.40. The third-order valence-corrected chi connectivity index (χ3v) is 7.61. The predicted molar refractivity (Wildman–Crippen MR) is 142 cm³/mol. The lowest BCUT2D eigenvalue weighted by atomic mass is 9.95. The molecule has 2 N–H and O–H groups in total.